The van der Waals surface area contributed by atoms with Gasteiger partial charge in [-0.05, 0) is 46.2 Å². The van der Waals surface area contributed by atoms with E-state index in [2.05, 4.69) is 9.97 Å². The molecule has 28 heavy (non-hydrogen) atoms. The lowest BCUT2D eigenvalue weighted by Gasteiger charge is -2.39. The summed E-state index contributed by atoms with van der Waals surface area (Å²) >= 11 is 6.28. The SMILES string of the molecule is CCOC(=O)N([C@H](C)c1cccc(-c2cn3ccnc3c(Cl)n2)c1)C(C)(C)C. The molecular weight excluding hydrogens is 376 g/mol. The van der Waals surface area contributed by atoms with Gasteiger partial charge < -0.3 is 9.14 Å². The predicted molar refractivity (Wildman–Crippen MR) is 110 cm³/mol. The Balaban J connectivity index is 2.00. The first-order valence-electron chi connectivity index (χ1n) is 9.28. The lowest BCUT2D eigenvalue weighted by atomic mass is 9.98. The van der Waals surface area contributed by atoms with Crippen molar-refractivity contribution in [2.75, 3.05) is 6.61 Å². The van der Waals surface area contributed by atoms with Gasteiger partial charge in [0, 0.05) is 29.7 Å². The highest BCUT2D eigenvalue weighted by Gasteiger charge is 2.33. The summed E-state index contributed by atoms with van der Waals surface area (Å²) in [6, 6.07) is 7.80. The highest BCUT2D eigenvalue weighted by Crippen LogP contribution is 2.31. The van der Waals surface area contributed by atoms with Crippen LogP contribution in [0.25, 0.3) is 16.9 Å². The molecule has 2 aromatic heterocycles. The summed E-state index contributed by atoms with van der Waals surface area (Å²) in [6.07, 6.45) is 5.09. The summed E-state index contributed by atoms with van der Waals surface area (Å²) in [6.45, 7) is 10.1. The van der Waals surface area contributed by atoms with Gasteiger partial charge in [-0.2, -0.15) is 0 Å². The van der Waals surface area contributed by atoms with E-state index in [1.165, 1.54) is 0 Å². The molecule has 0 aliphatic heterocycles. The van der Waals surface area contributed by atoms with E-state index in [9.17, 15) is 4.79 Å². The number of ether oxygens (including phenoxy) is 1. The average Bonchev–Trinajstić information content (AvgIpc) is 3.10. The summed E-state index contributed by atoms with van der Waals surface area (Å²) < 4.78 is 7.14. The number of hydrogen-bond donors (Lipinski definition) is 0. The van der Waals surface area contributed by atoms with Crippen molar-refractivity contribution in [3.8, 4) is 11.3 Å². The molecule has 2 heterocycles. The fourth-order valence-electron chi connectivity index (χ4n) is 3.35. The maximum absolute atomic E-state index is 12.6. The lowest BCUT2D eigenvalue weighted by molar-refractivity contribution is 0.0506. The molecule has 0 saturated heterocycles. The number of carbonyl (C=O) groups is 1. The van der Waals surface area contributed by atoms with Gasteiger partial charge in [-0.3, -0.25) is 4.90 Å². The number of halogens is 1. The molecule has 0 spiro atoms. The number of amides is 1. The summed E-state index contributed by atoms with van der Waals surface area (Å²) in [4.78, 5) is 23.0. The number of rotatable bonds is 4. The molecular formula is C21H25ClN4O2. The topological polar surface area (TPSA) is 59.7 Å². The van der Waals surface area contributed by atoms with Crippen LogP contribution in [0.1, 0.15) is 46.2 Å². The van der Waals surface area contributed by atoms with Gasteiger partial charge in [0.25, 0.3) is 0 Å². The second-order valence-corrected chi connectivity index (χ2v) is 7.97. The largest absolute Gasteiger partial charge is 0.450 e. The molecule has 148 valence electrons. The van der Waals surface area contributed by atoms with Gasteiger partial charge in [-0.15, -0.1) is 0 Å². The Morgan fingerprint density at radius 1 is 1.36 bits per heavy atom. The Morgan fingerprint density at radius 2 is 2.11 bits per heavy atom. The number of fused-ring (bicyclic) bond motifs is 1. The maximum atomic E-state index is 12.6. The van der Waals surface area contributed by atoms with E-state index in [1.807, 2.05) is 75.7 Å². The Morgan fingerprint density at radius 3 is 2.79 bits per heavy atom. The minimum absolute atomic E-state index is 0.175. The Bertz CT molecular complexity index is 993. The molecule has 1 atom stereocenters. The zero-order valence-electron chi connectivity index (χ0n) is 16.8. The van der Waals surface area contributed by atoms with Gasteiger partial charge in [0.15, 0.2) is 10.8 Å². The number of imidazole rings is 1. The summed E-state index contributed by atoms with van der Waals surface area (Å²) in [5.74, 6) is 0. The van der Waals surface area contributed by atoms with Gasteiger partial charge in [0.1, 0.15) is 0 Å². The van der Waals surface area contributed by atoms with Crippen molar-refractivity contribution < 1.29 is 9.53 Å². The van der Waals surface area contributed by atoms with E-state index in [1.54, 1.807) is 11.1 Å². The lowest BCUT2D eigenvalue weighted by Crippen LogP contribution is -2.47. The molecule has 6 nitrogen and oxygen atoms in total. The zero-order valence-corrected chi connectivity index (χ0v) is 17.6. The molecule has 1 aromatic carbocycles. The third kappa shape index (κ3) is 3.97. The van der Waals surface area contributed by atoms with Crippen molar-refractivity contribution in [1.29, 1.82) is 0 Å². The van der Waals surface area contributed by atoms with Gasteiger partial charge in [-0.25, -0.2) is 14.8 Å². The molecule has 0 fully saturated rings. The fraction of sp³-hybridized carbons (Fsp3) is 0.381. The van der Waals surface area contributed by atoms with Crippen LogP contribution in [0.3, 0.4) is 0 Å². The number of hydrogen-bond acceptors (Lipinski definition) is 4. The zero-order chi connectivity index (χ0) is 20.5. The van der Waals surface area contributed by atoms with Gasteiger partial charge in [-0.1, -0.05) is 29.8 Å². The van der Waals surface area contributed by atoms with Crippen molar-refractivity contribution in [1.82, 2.24) is 19.3 Å². The van der Waals surface area contributed by atoms with Gasteiger partial charge in [0.05, 0.1) is 18.3 Å². The third-order valence-electron chi connectivity index (χ3n) is 4.57. The van der Waals surface area contributed by atoms with Crippen molar-refractivity contribution in [2.24, 2.45) is 0 Å². The van der Waals surface area contributed by atoms with E-state index < -0.39 is 0 Å². The van der Waals surface area contributed by atoms with Crippen molar-refractivity contribution in [2.45, 2.75) is 46.2 Å². The van der Waals surface area contributed by atoms with E-state index in [0.29, 0.717) is 17.4 Å². The van der Waals surface area contributed by atoms with Crippen molar-refractivity contribution in [3.63, 3.8) is 0 Å². The quantitative estimate of drug-likeness (QED) is 0.590. The van der Waals surface area contributed by atoms with Crippen LogP contribution in [-0.4, -0.2) is 37.5 Å². The second-order valence-electron chi connectivity index (χ2n) is 7.62. The van der Waals surface area contributed by atoms with Crippen LogP contribution in [-0.2, 0) is 4.74 Å². The predicted octanol–water partition coefficient (Wildman–Crippen LogP) is 5.37. The number of aromatic nitrogens is 3. The van der Waals surface area contributed by atoms with E-state index >= 15 is 0 Å². The molecule has 0 unspecified atom stereocenters. The molecule has 3 rings (SSSR count). The summed E-state index contributed by atoms with van der Waals surface area (Å²) in [5, 5.41) is 0.351. The molecule has 0 saturated carbocycles. The highest BCUT2D eigenvalue weighted by molar-refractivity contribution is 6.32. The molecule has 0 aliphatic carbocycles. The van der Waals surface area contributed by atoms with Gasteiger partial charge >= 0.3 is 6.09 Å². The molecule has 0 radical (unpaired) electrons. The Kier molecular flexibility index (Phi) is 5.61. The first kappa shape index (κ1) is 20.1. The third-order valence-corrected chi connectivity index (χ3v) is 4.83. The second kappa shape index (κ2) is 7.80. The fourth-order valence-corrected chi connectivity index (χ4v) is 3.58. The average molecular weight is 401 g/mol. The van der Waals surface area contributed by atoms with Crippen molar-refractivity contribution >= 4 is 23.3 Å². The molecule has 1 amide bonds. The Labute approximate surface area is 170 Å². The smallest absolute Gasteiger partial charge is 0.410 e. The molecule has 0 N–H and O–H groups in total. The minimum Gasteiger partial charge on any atom is -0.450 e. The first-order valence-corrected chi connectivity index (χ1v) is 9.65. The van der Waals surface area contributed by atoms with E-state index in [-0.39, 0.29) is 17.7 Å². The van der Waals surface area contributed by atoms with Crippen molar-refractivity contribution in [3.05, 3.63) is 53.6 Å². The normalized spacial score (nSPS) is 12.8. The molecule has 3 aromatic rings. The molecule has 7 heteroatoms. The Hall–Kier alpha value is -2.60. The number of benzene rings is 1. The number of nitrogens with zero attached hydrogens (tertiary/aromatic N) is 4. The monoisotopic (exact) mass is 400 g/mol. The van der Waals surface area contributed by atoms with Crippen LogP contribution in [0.15, 0.2) is 42.9 Å². The molecule has 0 bridgehead atoms. The van der Waals surface area contributed by atoms with E-state index in [4.69, 9.17) is 16.3 Å². The first-order chi connectivity index (χ1) is 13.2. The van der Waals surface area contributed by atoms with Crippen LogP contribution in [0.2, 0.25) is 5.15 Å². The van der Waals surface area contributed by atoms with Crippen LogP contribution < -0.4 is 0 Å². The van der Waals surface area contributed by atoms with Crippen LogP contribution >= 0.6 is 11.6 Å². The van der Waals surface area contributed by atoms with Gasteiger partial charge in [0.2, 0.25) is 0 Å². The summed E-state index contributed by atoms with van der Waals surface area (Å²) in [7, 11) is 0. The summed E-state index contributed by atoms with van der Waals surface area (Å²) in [5.41, 5.74) is 2.88. The standard InChI is InChI=1S/C21H25ClN4O2/c1-6-28-20(27)26(21(3,4)5)14(2)15-8-7-9-16(12-15)17-13-25-11-10-23-19(25)18(22)24-17/h7-14H,6H2,1-5H3/t14-/m1/s1. The molecule has 0 aliphatic rings. The minimum atomic E-state index is -0.390. The maximum Gasteiger partial charge on any atom is 0.410 e. The van der Waals surface area contributed by atoms with E-state index in [0.717, 1.165) is 16.8 Å². The van der Waals surface area contributed by atoms with Crippen LogP contribution in [0.4, 0.5) is 4.79 Å². The highest BCUT2D eigenvalue weighted by atomic mass is 35.5. The van der Waals surface area contributed by atoms with Crippen LogP contribution in [0.5, 0.6) is 0 Å². The van der Waals surface area contributed by atoms with Crippen LogP contribution in [0, 0.1) is 0 Å². The number of carbonyl (C=O) groups excluding carboxylic acids is 1.